The third-order valence-corrected chi connectivity index (χ3v) is 8.62. The zero-order chi connectivity index (χ0) is 29.4. The van der Waals surface area contributed by atoms with E-state index in [4.69, 9.17) is 9.47 Å². The van der Waals surface area contributed by atoms with Crippen LogP contribution < -0.4 is 15.0 Å². The lowest BCUT2D eigenvalue weighted by Gasteiger charge is -2.38. The van der Waals surface area contributed by atoms with Crippen molar-refractivity contribution in [3.05, 3.63) is 112 Å². The summed E-state index contributed by atoms with van der Waals surface area (Å²) in [5.41, 5.74) is 8.60. The number of hydrogen-bond acceptors (Lipinski definition) is 5. The van der Waals surface area contributed by atoms with Gasteiger partial charge in [0, 0.05) is 52.9 Å². The number of hydrogen-bond donors (Lipinski definition) is 1. The number of fused-ring (bicyclic) bond motifs is 6. The Balaban J connectivity index is 1.51. The van der Waals surface area contributed by atoms with Crippen LogP contribution in [0.15, 0.2) is 72.8 Å². The van der Waals surface area contributed by atoms with Crippen LogP contribution in [-0.4, -0.2) is 19.1 Å². The lowest BCUT2D eigenvalue weighted by molar-refractivity contribution is 0.0224. The van der Waals surface area contributed by atoms with E-state index in [1.54, 1.807) is 0 Å². The van der Waals surface area contributed by atoms with Crippen LogP contribution in [0.3, 0.4) is 0 Å². The van der Waals surface area contributed by atoms with E-state index in [1.165, 1.54) is 11.1 Å². The van der Waals surface area contributed by atoms with Crippen molar-refractivity contribution in [1.29, 1.82) is 0 Å². The molecule has 1 unspecified atom stereocenters. The second-order valence-electron chi connectivity index (χ2n) is 11.7. The fourth-order valence-electron chi connectivity index (χ4n) is 6.31. The molecule has 6 rings (SSSR count). The van der Waals surface area contributed by atoms with Crippen molar-refractivity contribution >= 4 is 23.0 Å². The molecule has 2 heterocycles. The summed E-state index contributed by atoms with van der Waals surface area (Å²) in [5, 5.41) is 3.64. The molecule has 0 fully saturated rings. The molecule has 2 aliphatic rings. The summed E-state index contributed by atoms with van der Waals surface area (Å²) in [6.45, 7) is 12.8. The molecule has 4 aromatic carbocycles. The highest BCUT2D eigenvalue weighted by Crippen LogP contribution is 2.57. The standard InChI is InChI=1S/C37H40N2O3/c1-6-8-18-39(19-9-7-2)27-15-16-30-35(22-27)41-34-21-26(5)33(38-32-17-14-24(3)20-25(32)4)23-31(34)37(30)29-13-11-10-12-28(29)36(40)42-37/h10-17,20-23,38H,6-9,18-19H2,1-5H3. The number of rotatable bonds is 9. The van der Waals surface area contributed by atoms with E-state index in [1.807, 2.05) is 24.3 Å². The van der Waals surface area contributed by atoms with Crippen molar-refractivity contribution in [2.24, 2.45) is 0 Å². The molecule has 1 N–H and O–H groups in total. The number of carbonyl (C=O) groups excluding carboxylic acids is 1. The van der Waals surface area contributed by atoms with Gasteiger partial charge in [-0.2, -0.15) is 0 Å². The summed E-state index contributed by atoms with van der Waals surface area (Å²) < 4.78 is 13.2. The maximum Gasteiger partial charge on any atom is 0.340 e. The van der Waals surface area contributed by atoms with Gasteiger partial charge in [-0.05, 0) is 81.1 Å². The van der Waals surface area contributed by atoms with Gasteiger partial charge in [-0.25, -0.2) is 4.79 Å². The van der Waals surface area contributed by atoms with Crippen LogP contribution >= 0.6 is 0 Å². The quantitative estimate of drug-likeness (QED) is 0.207. The predicted octanol–water partition coefficient (Wildman–Crippen LogP) is 9.33. The lowest BCUT2D eigenvalue weighted by Crippen LogP contribution is -2.33. The maximum absolute atomic E-state index is 13.4. The number of aryl methyl sites for hydroxylation is 3. The number of unbranched alkanes of at least 4 members (excludes halogenated alkanes) is 2. The molecule has 0 bridgehead atoms. The molecule has 5 heteroatoms. The van der Waals surface area contributed by atoms with Gasteiger partial charge in [0.2, 0.25) is 0 Å². The smallest absolute Gasteiger partial charge is 0.340 e. The molecule has 0 radical (unpaired) electrons. The highest BCUT2D eigenvalue weighted by molar-refractivity contribution is 5.97. The second-order valence-corrected chi connectivity index (χ2v) is 11.7. The van der Waals surface area contributed by atoms with Crippen LogP contribution in [0.2, 0.25) is 0 Å². The molecular weight excluding hydrogens is 520 g/mol. The summed E-state index contributed by atoms with van der Waals surface area (Å²) in [6.07, 6.45) is 4.56. The number of nitrogens with one attached hydrogen (secondary N) is 1. The molecule has 1 spiro atoms. The van der Waals surface area contributed by atoms with Gasteiger partial charge in [0.25, 0.3) is 0 Å². The normalized spacial score (nSPS) is 16.4. The maximum atomic E-state index is 13.4. The van der Waals surface area contributed by atoms with Crippen molar-refractivity contribution in [2.45, 2.75) is 65.9 Å². The van der Waals surface area contributed by atoms with Gasteiger partial charge < -0.3 is 19.7 Å². The predicted molar refractivity (Wildman–Crippen MR) is 171 cm³/mol. The van der Waals surface area contributed by atoms with Crippen molar-refractivity contribution in [3.8, 4) is 11.5 Å². The lowest BCUT2D eigenvalue weighted by atomic mass is 9.77. The first kappa shape index (κ1) is 27.9. The Morgan fingerprint density at radius 1 is 0.738 bits per heavy atom. The van der Waals surface area contributed by atoms with Crippen molar-refractivity contribution in [3.63, 3.8) is 0 Å². The molecule has 0 saturated heterocycles. The van der Waals surface area contributed by atoms with Crippen molar-refractivity contribution < 1.29 is 14.3 Å². The minimum atomic E-state index is -1.10. The van der Waals surface area contributed by atoms with Crippen LogP contribution in [0.4, 0.5) is 17.1 Å². The van der Waals surface area contributed by atoms with Crippen LogP contribution in [0.25, 0.3) is 0 Å². The summed E-state index contributed by atoms with van der Waals surface area (Å²) in [6, 6.07) is 24.7. The fourth-order valence-corrected chi connectivity index (χ4v) is 6.31. The molecule has 1 atom stereocenters. The molecule has 0 amide bonds. The van der Waals surface area contributed by atoms with E-state index in [0.717, 1.165) is 83.8 Å². The van der Waals surface area contributed by atoms with Gasteiger partial charge >= 0.3 is 5.97 Å². The van der Waals surface area contributed by atoms with Crippen molar-refractivity contribution in [1.82, 2.24) is 0 Å². The van der Waals surface area contributed by atoms with E-state index in [2.05, 4.69) is 93.4 Å². The summed E-state index contributed by atoms with van der Waals surface area (Å²) in [7, 11) is 0. The average Bonchev–Trinajstić information content (AvgIpc) is 3.27. The third kappa shape index (κ3) is 4.71. The Morgan fingerprint density at radius 2 is 1.45 bits per heavy atom. The van der Waals surface area contributed by atoms with Gasteiger partial charge in [-0.3, -0.25) is 0 Å². The summed E-state index contributed by atoms with van der Waals surface area (Å²) in [5.74, 6) is 1.13. The van der Waals surface area contributed by atoms with E-state index in [9.17, 15) is 4.79 Å². The first-order valence-electron chi connectivity index (χ1n) is 15.2. The second kappa shape index (κ2) is 11.2. The van der Waals surface area contributed by atoms with Crippen LogP contribution in [-0.2, 0) is 10.3 Å². The third-order valence-electron chi connectivity index (χ3n) is 8.62. The Hall–Kier alpha value is -4.25. The summed E-state index contributed by atoms with van der Waals surface area (Å²) in [4.78, 5) is 15.9. The highest BCUT2D eigenvalue weighted by atomic mass is 16.6. The minimum absolute atomic E-state index is 0.314. The summed E-state index contributed by atoms with van der Waals surface area (Å²) >= 11 is 0. The first-order chi connectivity index (χ1) is 20.3. The molecule has 2 aliphatic heterocycles. The zero-order valence-corrected chi connectivity index (χ0v) is 25.3. The fraction of sp³-hybridized carbons (Fsp3) is 0.324. The number of anilines is 3. The molecule has 0 saturated carbocycles. The van der Waals surface area contributed by atoms with Crippen LogP contribution in [0.5, 0.6) is 11.5 Å². The molecule has 0 aliphatic carbocycles. The topological polar surface area (TPSA) is 50.8 Å². The Kier molecular flexibility index (Phi) is 7.44. The van der Waals surface area contributed by atoms with Gasteiger partial charge in [0.05, 0.1) is 5.56 Å². The zero-order valence-electron chi connectivity index (χ0n) is 25.3. The first-order valence-corrected chi connectivity index (χ1v) is 15.2. The number of esters is 1. The largest absolute Gasteiger partial charge is 0.456 e. The Morgan fingerprint density at radius 3 is 2.19 bits per heavy atom. The van der Waals surface area contributed by atoms with Gasteiger partial charge in [0.1, 0.15) is 11.5 Å². The molecule has 0 aromatic heterocycles. The Bertz CT molecular complexity index is 1650. The number of ether oxygens (including phenoxy) is 2. The van der Waals surface area contributed by atoms with E-state index in [0.29, 0.717) is 11.3 Å². The van der Waals surface area contributed by atoms with Gasteiger partial charge in [0.15, 0.2) is 5.60 Å². The number of carbonyl (C=O) groups is 1. The van der Waals surface area contributed by atoms with Crippen LogP contribution in [0.1, 0.15) is 83.3 Å². The van der Waals surface area contributed by atoms with E-state index in [-0.39, 0.29) is 5.97 Å². The number of nitrogens with zero attached hydrogens (tertiary/aromatic N) is 1. The average molecular weight is 561 g/mol. The van der Waals surface area contributed by atoms with E-state index < -0.39 is 5.60 Å². The molecule has 216 valence electrons. The van der Waals surface area contributed by atoms with Crippen LogP contribution in [0, 0.1) is 20.8 Å². The monoisotopic (exact) mass is 560 g/mol. The van der Waals surface area contributed by atoms with Crippen molar-refractivity contribution in [2.75, 3.05) is 23.3 Å². The minimum Gasteiger partial charge on any atom is -0.456 e. The highest BCUT2D eigenvalue weighted by Gasteiger charge is 2.53. The number of benzene rings is 4. The molecular formula is C37H40N2O3. The molecule has 5 nitrogen and oxygen atoms in total. The van der Waals surface area contributed by atoms with Gasteiger partial charge in [-0.15, -0.1) is 0 Å². The SMILES string of the molecule is CCCCN(CCCC)c1ccc2c(c1)Oc1cc(C)c(Nc3ccc(C)cc3C)cc1C21OC(=O)c2ccccc21. The molecule has 4 aromatic rings. The molecule has 42 heavy (non-hydrogen) atoms. The van der Waals surface area contributed by atoms with E-state index >= 15 is 0 Å². The van der Waals surface area contributed by atoms with Gasteiger partial charge in [-0.1, -0.05) is 62.6 Å². The Labute approximate surface area is 249 Å².